The normalized spacial score (nSPS) is 16.7. The number of rotatable bonds is 4. The zero-order valence-corrected chi connectivity index (χ0v) is 17.9. The topological polar surface area (TPSA) is 76.5 Å². The maximum atomic E-state index is 12.7. The molecule has 2 heterocycles. The Morgan fingerprint density at radius 1 is 1.24 bits per heavy atom. The summed E-state index contributed by atoms with van der Waals surface area (Å²) in [6, 6.07) is 9.84. The van der Waals surface area contributed by atoms with Crippen molar-refractivity contribution in [3.8, 4) is 0 Å². The van der Waals surface area contributed by atoms with E-state index in [1.165, 1.54) is 0 Å². The van der Waals surface area contributed by atoms with Crippen molar-refractivity contribution in [3.63, 3.8) is 0 Å². The lowest BCUT2D eigenvalue weighted by Gasteiger charge is -2.24. The van der Waals surface area contributed by atoms with Gasteiger partial charge in [0.15, 0.2) is 0 Å². The summed E-state index contributed by atoms with van der Waals surface area (Å²) in [5.41, 5.74) is 3.37. The number of carbonyl (C=O) groups excluding carboxylic acids is 2. The molecule has 0 aliphatic carbocycles. The molecule has 0 saturated carbocycles. The van der Waals surface area contributed by atoms with Crippen LogP contribution in [-0.4, -0.2) is 45.4 Å². The van der Waals surface area contributed by atoms with Gasteiger partial charge in [-0.15, -0.1) is 0 Å². The van der Waals surface area contributed by atoms with Gasteiger partial charge in [-0.1, -0.05) is 12.1 Å². The summed E-state index contributed by atoms with van der Waals surface area (Å²) in [4.78, 5) is 26.5. The van der Waals surface area contributed by atoms with Gasteiger partial charge in [0.1, 0.15) is 5.60 Å². The maximum absolute atomic E-state index is 12.7. The van der Waals surface area contributed by atoms with Gasteiger partial charge in [-0.2, -0.15) is 5.10 Å². The largest absolute Gasteiger partial charge is 0.444 e. The van der Waals surface area contributed by atoms with Gasteiger partial charge in [0.2, 0.25) is 5.91 Å². The second kappa shape index (κ2) is 8.27. The fraction of sp³-hybridized carbons (Fsp3) is 0.500. The molecule has 2 aromatic rings. The zero-order chi connectivity index (χ0) is 21.2. The molecule has 1 fully saturated rings. The fourth-order valence-electron chi connectivity index (χ4n) is 3.47. The predicted octanol–water partition coefficient (Wildman–Crippen LogP) is 3.74. The summed E-state index contributed by atoms with van der Waals surface area (Å²) in [7, 11) is 0. The third-order valence-electron chi connectivity index (χ3n) is 4.84. The Labute approximate surface area is 172 Å². The minimum absolute atomic E-state index is 0.0701. The highest BCUT2D eigenvalue weighted by molar-refractivity contribution is 5.93. The van der Waals surface area contributed by atoms with Gasteiger partial charge < -0.3 is 15.0 Å². The third kappa shape index (κ3) is 5.59. The highest BCUT2D eigenvalue weighted by atomic mass is 16.6. The number of hydrogen-bond acceptors (Lipinski definition) is 4. The monoisotopic (exact) mass is 398 g/mol. The van der Waals surface area contributed by atoms with Crippen LogP contribution in [0.2, 0.25) is 0 Å². The number of nitrogens with one attached hydrogen (secondary N) is 1. The summed E-state index contributed by atoms with van der Waals surface area (Å²) < 4.78 is 7.35. The Hall–Kier alpha value is -2.83. The Morgan fingerprint density at radius 3 is 2.66 bits per heavy atom. The summed E-state index contributed by atoms with van der Waals surface area (Å²) in [5.74, 6) is -0.304. The van der Waals surface area contributed by atoms with Crippen LogP contribution in [0.25, 0.3) is 0 Å². The van der Waals surface area contributed by atoms with E-state index in [1.54, 1.807) is 4.90 Å². The van der Waals surface area contributed by atoms with Crippen LogP contribution in [-0.2, 0) is 16.1 Å². The summed E-state index contributed by atoms with van der Waals surface area (Å²) in [6.07, 6.45) is 0.274. The van der Waals surface area contributed by atoms with E-state index in [9.17, 15) is 9.59 Å². The highest BCUT2D eigenvalue weighted by Gasteiger charge is 2.33. The molecule has 1 unspecified atom stereocenters. The second-order valence-electron chi connectivity index (χ2n) is 8.69. The van der Waals surface area contributed by atoms with Crippen LogP contribution < -0.4 is 5.32 Å². The molecule has 156 valence electrons. The fourth-order valence-corrected chi connectivity index (χ4v) is 3.47. The molecular formula is C22H30N4O3. The first-order chi connectivity index (χ1) is 13.6. The van der Waals surface area contributed by atoms with Crippen LogP contribution in [0.1, 0.15) is 44.1 Å². The van der Waals surface area contributed by atoms with Crippen molar-refractivity contribution < 1.29 is 14.3 Å². The number of ether oxygens (including phenoxy) is 1. The molecule has 1 aliphatic rings. The van der Waals surface area contributed by atoms with Gasteiger partial charge in [0, 0.05) is 24.5 Å². The lowest BCUT2D eigenvalue weighted by Crippen LogP contribution is -2.36. The van der Waals surface area contributed by atoms with Crippen molar-refractivity contribution in [2.75, 3.05) is 18.4 Å². The third-order valence-corrected chi connectivity index (χ3v) is 4.84. The second-order valence-corrected chi connectivity index (χ2v) is 8.69. The highest BCUT2D eigenvalue weighted by Crippen LogP contribution is 2.22. The van der Waals surface area contributed by atoms with Crippen molar-refractivity contribution in [3.05, 3.63) is 47.3 Å². The standard InChI is InChI=1S/C22H30N4O3/c1-15-11-16(2)26(24-15)13-17-7-6-8-19(12-17)23-20(27)18-9-10-25(14-18)21(28)29-22(3,4)5/h6-8,11-12,18H,9-10,13-14H2,1-5H3,(H,23,27). The van der Waals surface area contributed by atoms with Crippen molar-refractivity contribution in [1.29, 1.82) is 0 Å². The van der Waals surface area contributed by atoms with E-state index in [0.717, 1.165) is 22.6 Å². The van der Waals surface area contributed by atoms with Gasteiger partial charge in [0.25, 0.3) is 0 Å². The SMILES string of the molecule is Cc1cc(C)n(Cc2cccc(NC(=O)C3CCN(C(=O)OC(C)(C)C)C3)c2)n1. The molecule has 2 amide bonds. The number of nitrogens with zero attached hydrogens (tertiary/aromatic N) is 3. The summed E-state index contributed by atoms with van der Waals surface area (Å²) in [5, 5.41) is 7.48. The van der Waals surface area contributed by atoms with Crippen LogP contribution >= 0.6 is 0 Å². The number of hydrogen-bond donors (Lipinski definition) is 1. The van der Waals surface area contributed by atoms with E-state index < -0.39 is 5.60 Å². The van der Waals surface area contributed by atoms with E-state index in [-0.39, 0.29) is 17.9 Å². The minimum atomic E-state index is -0.538. The van der Waals surface area contributed by atoms with Gasteiger partial charge in [-0.05, 0) is 64.8 Å². The molecule has 7 heteroatoms. The Balaban J connectivity index is 1.58. The van der Waals surface area contributed by atoms with Crippen LogP contribution in [0.15, 0.2) is 30.3 Å². The van der Waals surface area contributed by atoms with Crippen molar-refractivity contribution in [2.24, 2.45) is 5.92 Å². The first-order valence-electron chi connectivity index (χ1n) is 9.99. The molecule has 1 aliphatic heterocycles. The molecule has 0 spiro atoms. The summed E-state index contributed by atoms with van der Waals surface area (Å²) in [6.45, 7) is 11.1. The molecular weight excluding hydrogens is 368 g/mol. The molecule has 1 N–H and O–H groups in total. The number of carbonyl (C=O) groups is 2. The van der Waals surface area contributed by atoms with E-state index in [4.69, 9.17) is 4.74 Å². The molecule has 1 atom stereocenters. The Kier molecular flexibility index (Phi) is 5.96. The van der Waals surface area contributed by atoms with E-state index >= 15 is 0 Å². The van der Waals surface area contributed by atoms with Crippen molar-refractivity contribution in [2.45, 2.75) is 53.2 Å². The molecule has 3 rings (SSSR count). The number of benzene rings is 1. The number of aryl methyl sites for hydroxylation is 2. The maximum Gasteiger partial charge on any atom is 0.410 e. The van der Waals surface area contributed by atoms with Gasteiger partial charge in [0.05, 0.1) is 18.2 Å². The molecule has 1 aromatic carbocycles. The number of likely N-dealkylation sites (tertiary alicyclic amines) is 1. The first-order valence-corrected chi connectivity index (χ1v) is 9.99. The molecule has 0 bridgehead atoms. The number of amides is 2. The Morgan fingerprint density at radius 2 is 2.00 bits per heavy atom. The lowest BCUT2D eigenvalue weighted by molar-refractivity contribution is -0.119. The zero-order valence-electron chi connectivity index (χ0n) is 17.9. The first kappa shape index (κ1) is 20.9. The van der Waals surface area contributed by atoms with Gasteiger partial charge >= 0.3 is 6.09 Å². The van der Waals surface area contributed by atoms with Gasteiger partial charge in [-0.3, -0.25) is 9.48 Å². The molecule has 7 nitrogen and oxygen atoms in total. The lowest BCUT2D eigenvalue weighted by atomic mass is 10.1. The molecule has 29 heavy (non-hydrogen) atoms. The average molecular weight is 399 g/mol. The van der Waals surface area contributed by atoms with Crippen molar-refractivity contribution >= 4 is 17.7 Å². The van der Waals surface area contributed by atoms with Crippen LogP contribution in [0.5, 0.6) is 0 Å². The quantitative estimate of drug-likeness (QED) is 0.851. The minimum Gasteiger partial charge on any atom is -0.444 e. The van der Waals surface area contributed by atoms with Crippen LogP contribution in [0.4, 0.5) is 10.5 Å². The van der Waals surface area contributed by atoms with Crippen LogP contribution in [0.3, 0.4) is 0 Å². The van der Waals surface area contributed by atoms with Crippen LogP contribution in [0, 0.1) is 19.8 Å². The molecule has 0 radical (unpaired) electrons. The summed E-state index contributed by atoms with van der Waals surface area (Å²) >= 11 is 0. The van der Waals surface area contributed by atoms with Crippen molar-refractivity contribution in [1.82, 2.24) is 14.7 Å². The Bertz CT molecular complexity index is 898. The number of anilines is 1. The molecule has 1 saturated heterocycles. The predicted molar refractivity (Wildman–Crippen MR) is 112 cm³/mol. The van der Waals surface area contributed by atoms with E-state index in [1.807, 2.05) is 69.6 Å². The van der Waals surface area contributed by atoms with Gasteiger partial charge in [-0.25, -0.2) is 4.79 Å². The molecule has 1 aromatic heterocycles. The smallest absolute Gasteiger partial charge is 0.410 e. The average Bonchev–Trinajstić information content (AvgIpc) is 3.21. The number of aromatic nitrogens is 2. The van der Waals surface area contributed by atoms with E-state index in [0.29, 0.717) is 26.1 Å². The van der Waals surface area contributed by atoms with E-state index in [2.05, 4.69) is 10.4 Å².